The second kappa shape index (κ2) is 53.7. The Morgan fingerprint density at radius 1 is 0.365 bits per heavy atom. The van der Waals surface area contributed by atoms with E-state index in [9.17, 15) is 74.9 Å². The maximum atomic E-state index is 14.3. The maximum absolute atomic E-state index is 14.3. The monoisotopic (exact) mass is 1400 g/mol. The van der Waals surface area contributed by atoms with E-state index < -0.39 is 156 Å². The van der Waals surface area contributed by atoms with Crippen molar-refractivity contribution in [3.05, 3.63) is 0 Å². The number of phosphoric ester groups is 1. The molecule has 3 rings (SSSR count). The Labute approximate surface area is 574 Å². The topological polar surface area (TPSA) is 374 Å². The number of aliphatic hydroxyl groups is 10. The smallest absolute Gasteiger partial charge is 0.463 e. The predicted molar refractivity (Wildman–Crippen MR) is 361 cm³/mol. The lowest BCUT2D eigenvalue weighted by atomic mass is 9.84. The van der Waals surface area contributed by atoms with E-state index in [0.29, 0.717) is 19.3 Å². The molecule has 0 aromatic rings. The van der Waals surface area contributed by atoms with Crippen molar-refractivity contribution in [1.82, 2.24) is 0 Å². The zero-order chi connectivity index (χ0) is 70.4. The molecule has 0 aromatic carbocycles. The van der Waals surface area contributed by atoms with Crippen LogP contribution in [0.1, 0.15) is 303 Å². The molecule has 1 saturated carbocycles. The Morgan fingerprint density at radius 3 is 1.02 bits per heavy atom. The molecule has 0 bridgehead atoms. The summed E-state index contributed by atoms with van der Waals surface area (Å²) in [5.41, 5.74) is 0. The van der Waals surface area contributed by atoms with E-state index in [0.717, 1.165) is 89.9 Å². The molecule has 3 aliphatic rings. The van der Waals surface area contributed by atoms with Crippen LogP contribution in [-0.2, 0) is 61.2 Å². The van der Waals surface area contributed by atoms with Crippen molar-refractivity contribution in [3.63, 3.8) is 0 Å². The van der Waals surface area contributed by atoms with Gasteiger partial charge in [-0.25, -0.2) is 4.57 Å². The van der Waals surface area contributed by atoms with E-state index >= 15 is 0 Å². The summed E-state index contributed by atoms with van der Waals surface area (Å²) in [4.78, 5) is 50.9. The molecule has 0 aromatic heterocycles. The van der Waals surface area contributed by atoms with Gasteiger partial charge >= 0.3 is 25.7 Å². The second-order valence-electron chi connectivity index (χ2n) is 27.4. The van der Waals surface area contributed by atoms with Gasteiger partial charge in [-0.15, -0.1) is 0 Å². The van der Waals surface area contributed by atoms with Gasteiger partial charge in [0.1, 0.15) is 98.7 Å². The molecule has 18 atom stereocenters. The van der Waals surface area contributed by atoms with Crippen molar-refractivity contribution in [2.75, 3.05) is 26.4 Å². The highest BCUT2D eigenvalue weighted by Gasteiger charge is 2.58. The number of ether oxygens (including phenoxy) is 7. The summed E-state index contributed by atoms with van der Waals surface area (Å²) < 4.78 is 65.0. The SMILES string of the molecule is CCCCCCCCCCCCCCCCCCC(=O)OCC1OC(OC2C(O)C(O)C(O)C(OC3OC(CO)C(O)C(O)C3O)C2OP(=O)(O)OCC(COC(=O)CCCCCCCCCCCCCCCC)OC(=O)CCCCCCCCCCCCC)C(O)C(O)C1O. The van der Waals surface area contributed by atoms with Gasteiger partial charge in [-0.2, -0.15) is 0 Å². The number of phosphoric acid groups is 1. The molecule has 18 unspecified atom stereocenters. The van der Waals surface area contributed by atoms with Gasteiger partial charge in [-0.05, 0) is 19.3 Å². The summed E-state index contributed by atoms with van der Waals surface area (Å²) in [5, 5.41) is 110. The van der Waals surface area contributed by atoms with Crippen LogP contribution >= 0.6 is 7.82 Å². The van der Waals surface area contributed by atoms with Gasteiger partial charge in [0.2, 0.25) is 0 Å². The quantitative estimate of drug-likeness (QED) is 0.0117. The van der Waals surface area contributed by atoms with Crippen molar-refractivity contribution < 1.29 is 117 Å². The molecule has 3 fully saturated rings. The van der Waals surface area contributed by atoms with Gasteiger partial charge in [-0.1, -0.05) is 265 Å². The van der Waals surface area contributed by atoms with Crippen LogP contribution in [-0.4, -0.2) is 204 Å². The lowest BCUT2D eigenvalue weighted by Gasteiger charge is -2.49. The van der Waals surface area contributed by atoms with Gasteiger partial charge in [0.15, 0.2) is 18.7 Å². The zero-order valence-corrected chi connectivity index (χ0v) is 59.8. The third kappa shape index (κ3) is 36.7. The number of aliphatic hydroxyl groups excluding tert-OH is 10. The number of esters is 3. The maximum Gasteiger partial charge on any atom is 0.472 e. The summed E-state index contributed by atoms with van der Waals surface area (Å²) in [6.45, 7) is 3.46. The first-order chi connectivity index (χ1) is 46.3. The summed E-state index contributed by atoms with van der Waals surface area (Å²) in [6, 6.07) is 0. The number of hydrogen-bond donors (Lipinski definition) is 11. The van der Waals surface area contributed by atoms with Crippen LogP contribution in [0.4, 0.5) is 0 Å². The van der Waals surface area contributed by atoms with Gasteiger partial charge in [0.25, 0.3) is 0 Å². The highest BCUT2D eigenvalue weighted by atomic mass is 31.2. The summed E-state index contributed by atoms with van der Waals surface area (Å²) in [7, 11) is -5.69. The molecule has 0 radical (unpaired) electrons. The third-order valence-corrected chi connectivity index (χ3v) is 19.9. The summed E-state index contributed by atoms with van der Waals surface area (Å²) in [5.74, 6) is -1.97. The fourth-order valence-corrected chi connectivity index (χ4v) is 13.7. The van der Waals surface area contributed by atoms with E-state index in [4.69, 9.17) is 42.2 Å². The Morgan fingerprint density at radius 2 is 0.667 bits per heavy atom. The minimum atomic E-state index is -5.69. The number of carbonyl (C=O) groups is 3. The van der Waals surface area contributed by atoms with E-state index in [-0.39, 0.29) is 19.3 Å². The molecule has 25 heteroatoms. The highest BCUT2D eigenvalue weighted by Crippen LogP contribution is 2.49. The molecule has 24 nitrogen and oxygen atoms in total. The molecule has 566 valence electrons. The molecular formula is C71H133O24P. The fourth-order valence-electron chi connectivity index (χ4n) is 12.7. The van der Waals surface area contributed by atoms with Crippen LogP contribution in [0.25, 0.3) is 0 Å². The van der Waals surface area contributed by atoms with Crippen molar-refractivity contribution in [2.24, 2.45) is 0 Å². The average Bonchev–Trinajstić information content (AvgIpc) is 0.763. The first-order valence-corrected chi connectivity index (χ1v) is 39.3. The van der Waals surface area contributed by atoms with Crippen LogP contribution in [0.5, 0.6) is 0 Å². The molecule has 1 aliphatic carbocycles. The van der Waals surface area contributed by atoms with Crippen molar-refractivity contribution in [2.45, 2.75) is 407 Å². The number of carbonyl (C=O) groups excluding carboxylic acids is 3. The average molecular weight is 1400 g/mol. The Balaban J connectivity index is 1.72. The minimum Gasteiger partial charge on any atom is -0.463 e. The van der Waals surface area contributed by atoms with Crippen molar-refractivity contribution in [3.8, 4) is 0 Å². The van der Waals surface area contributed by atoms with E-state index in [1.807, 2.05) is 0 Å². The minimum absolute atomic E-state index is 0.0340. The van der Waals surface area contributed by atoms with Crippen LogP contribution in [0.3, 0.4) is 0 Å². The number of unbranched alkanes of at least 4 members (excludes halogenated alkanes) is 38. The van der Waals surface area contributed by atoms with Crippen LogP contribution < -0.4 is 0 Å². The number of hydrogen-bond acceptors (Lipinski definition) is 23. The van der Waals surface area contributed by atoms with Gasteiger partial charge in [0.05, 0.1) is 13.2 Å². The predicted octanol–water partition coefficient (Wildman–Crippen LogP) is 10.2. The summed E-state index contributed by atoms with van der Waals surface area (Å²) >= 11 is 0. The standard InChI is InChI=1S/C71H133O24P/c1-4-7-10-13-16-19-22-24-26-27-29-32-34-37-40-43-46-56(74)88-51-54-59(77)61(79)66(84)71(92-54)94-68-64(82)62(80)63(81)67(93-70-65(83)60(78)58(76)53(48-72)91-70)69(68)95-96(85,86)89-50-52(90-57(75)47-44-41-38-35-30-21-18-15-12-9-6-3)49-87-55(73)45-42-39-36-33-31-28-25-23-20-17-14-11-8-5-2/h52-54,58-72,76-84H,4-51H2,1-3H3,(H,85,86). The second-order valence-corrected chi connectivity index (χ2v) is 28.8. The molecule has 2 saturated heterocycles. The molecule has 0 amide bonds. The lowest BCUT2D eigenvalue weighted by Crippen LogP contribution is -2.69. The molecule has 96 heavy (non-hydrogen) atoms. The van der Waals surface area contributed by atoms with Gasteiger partial charge in [-0.3, -0.25) is 23.4 Å². The molecule has 2 aliphatic heterocycles. The first kappa shape index (κ1) is 88.2. The molecule has 11 N–H and O–H groups in total. The normalized spacial score (nSPS) is 27.9. The number of rotatable bonds is 59. The van der Waals surface area contributed by atoms with Crippen molar-refractivity contribution >= 4 is 25.7 Å². The largest absolute Gasteiger partial charge is 0.472 e. The Kier molecular flexibility index (Phi) is 49.4. The molecule has 2 heterocycles. The van der Waals surface area contributed by atoms with Crippen LogP contribution in [0, 0.1) is 0 Å². The fraction of sp³-hybridized carbons (Fsp3) is 0.958. The van der Waals surface area contributed by atoms with Gasteiger partial charge < -0.3 is 89.1 Å². The first-order valence-electron chi connectivity index (χ1n) is 37.8. The molecule has 0 spiro atoms. The van der Waals surface area contributed by atoms with Crippen LogP contribution in [0.2, 0.25) is 0 Å². The van der Waals surface area contributed by atoms with Crippen LogP contribution in [0.15, 0.2) is 0 Å². The van der Waals surface area contributed by atoms with Gasteiger partial charge in [0, 0.05) is 19.3 Å². The van der Waals surface area contributed by atoms with Crippen molar-refractivity contribution in [1.29, 1.82) is 0 Å². The van der Waals surface area contributed by atoms with E-state index in [2.05, 4.69) is 20.8 Å². The molecular weight excluding hydrogens is 1270 g/mol. The zero-order valence-electron chi connectivity index (χ0n) is 58.9. The highest BCUT2D eigenvalue weighted by molar-refractivity contribution is 7.47. The lowest BCUT2D eigenvalue weighted by molar-refractivity contribution is -0.360. The van der Waals surface area contributed by atoms with E-state index in [1.165, 1.54) is 154 Å². The Bertz CT molecular complexity index is 1990. The third-order valence-electron chi connectivity index (χ3n) is 18.9. The Hall–Kier alpha value is -2.04. The summed E-state index contributed by atoms with van der Waals surface area (Å²) in [6.07, 6.45) is 10.3. The van der Waals surface area contributed by atoms with E-state index in [1.54, 1.807) is 0 Å².